The molecule has 6 aromatic rings. The second kappa shape index (κ2) is 21.2. The highest BCUT2D eigenvalue weighted by Crippen LogP contribution is 2.38. The van der Waals surface area contributed by atoms with Crippen molar-refractivity contribution in [1.82, 2.24) is 39.7 Å². The van der Waals surface area contributed by atoms with Gasteiger partial charge in [0.2, 0.25) is 11.9 Å². The molecule has 4 aliphatic rings. The number of fused-ring (bicyclic) bond motifs is 2. The van der Waals surface area contributed by atoms with Crippen LogP contribution < -0.4 is 9.80 Å². The molecule has 0 saturated carbocycles. The third kappa shape index (κ3) is 11.7. The summed E-state index contributed by atoms with van der Waals surface area (Å²) in [5.41, 5.74) is 1.99. The number of rotatable bonds is 10. The van der Waals surface area contributed by atoms with Gasteiger partial charge in [0.15, 0.2) is 5.69 Å². The number of hydrogen-bond acceptors (Lipinski definition) is 12. The average Bonchev–Trinajstić information content (AvgIpc) is 4.01. The molecule has 10 rings (SSSR count). The van der Waals surface area contributed by atoms with Crippen LogP contribution in [0.3, 0.4) is 0 Å². The number of aromatic amines is 2. The van der Waals surface area contributed by atoms with Crippen LogP contribution in [0.4, 0.5) is 43.9 Å². The molecule has 2 atom stereocenters. The predicted octanol–water partition coefficient (Wildman–Crippen LogP) is 7.96. The number of nitrogens with zero attached hydrogens (tertiary/aromatic N) is 9. The number of aromatic nitrogens is 6. The van der Waals surface area contributed by atoms with Gasteiger partial charge in [-0.3, -0.25) is 0 Å². The van der Waals surface area contributed by atoms with Crippen LogP contribution in [0.1, 0.15) is 91.3 Å². The topological polar surface area (TPSA) is 181 Å². The zero-order valence-electron chi connectivity index (χ0n) is 40.5. The minimum atomic E-state index is -4.55. The summed E-state index contributed by atoms with van der Waals surface area (Å²) in [6.45, 7) is 14.4. The van der Waals surface area contributed by atoms with E-state index in [1.807, 2.05) is 24.4 Å². The highest BCUT2D eigenvalue weighted by Gasteiger charge is 2.43. The lowest BCUT2D eigenvalue weighted by Crippen LogP contribution is -2.55. The largest absolute Gasteiger partial charge is 0.433 e. The molecule has 4 saturated heterocycles. The van der Waals surface area contributed by atoms with Gasteiger partial charge < -0.3 is 50.0 Å². The van der Waals surface area contributed by atoms with Gasteiger partial charge in [-0.05, 0) is 149 Å². The van der Waals surface area contributed by atoms with Crippen LogP contribution in [-0.2, 0) is 12.4 Å². The summed E-state index contributed by atoms with van der Waals surface area (Å²) in [5, 5.41) is 46.5. The Morgan fingerprint density at radius 2 is 1.04 bits per heavy atom. The summed E-state index contributed by atoms with van der Waals surface area (Å²) in [6.07, 6.45) is -0.00518. The van der Waals surface area contributed by atoms with Gasteiger partial charge in [-0.25, -0.2) is 24.8 Å². The van der Waals surface area contributed by atoms with Crippen LogP contribution >= 0.6 is 0 Å². The minimum absolute atomic E-state index is 0.00379. The second-order valence-corrected chi connectivity index (χ2v) is 20.2. The van der Waals surface area contributed by atoms with E-state index in [4.69, 9.17) is 6.57 Å². The highest BCUT2D eigenvalue weighted by molar-refractivity contribution is 5.87. The van der Waals surface area contributed by atoms with Gasteiger partial charge in [0.05, 0.1) is 30.0 Å². The summed E-state index contributed by atoms with van der Waals surface area (Å²) in [4.78, 5) is 33.0. The van der Waals surface area contributed by atoms with E-state index in [9.17, 15) is 46.8 Å². The van der Waals surface area contributed by atoms with Gasteiger partial charge in [0.1, 0.15) is 11.4 Å². The number of H-pyrrole nitrogens is 2. The maximum Gasteiger partial charge on any atom is 0.433 e. The van der Waals surface area contributed by atoms with Crippen LogP contribution in [0, 0.1) is 13.5 Å². The molecule has 4 aliphatic heterocycles. The number of aliphatic hydroxyl groups excluding tert-OH is 2. The summed E-state index contributed by atoms with van der Waals surface area (Å²) < 4.78 is 77.9. The maximum atomic E-state index is 13.0. The summed E-state index contributed by atoms with van der Waals surface area (Å²) in [5.74, 6) is 0.778. The van der Waals surface area contributed by atoms with E-state index < -0.39 is 47.2 Å². The molecule has 0 spiro atoms. The fourth-order valence-electron chi connectivity index (χ4n) is 11.0. The normalized spacial score (nSPS) is 20.4. The Kier molecular flexibility index (Phi) is 15.1. The Balaban J connectivity index is 0.000000180. The quantitative estimate of drug-likeness (QED) is 0.0577. The fraction of sp³-hybridized carbons (Fsp3) is 0.519. The Hall–Kier alpha value is -5.89. The molecule has 2 unspecified atom stereocenters. The van der Waals surface area contributed by atoms with E-state index in [0.29, 0.717) is 30.6 Å². The summed E-state index contributed by atoms with van der Waals surface area (Å²) in [7, 11) is 0. The molecule has 4 aromatic heterocycles. The van der Waals surface area contributed by atoms with Gasteiger partial charge in [-0.2, -0.15) is 26.3 Å². The van der Waals surface area contributed by atoms with Gasteiger partial charge >= 0.3 is 12.4 Å². The first-order valence-electron chi connectivity index (χ1n) is 24.9. The Morgan fingerprint density at radius 1 is 0.630 bits per heavy atom. The third-order valence-corrected chi connectivity index (χ3v) is 15.5. The van der Waals surface area contributed by atoms with Crippen molar-refractivity contribution in [2.45, 2.75) is 106 Å². The third-order valence-electron chi connectivity index (χ3n) is 15.5. The minimum Gasteiger partial charge on any atom is -0.389 e. The zero-order valence-corrected chi connectivity index (χ0v) is 40.5. The summed E-state index contributed by atoms with van der Waals surface area (Å²) in [6, 6.07) is 13.8. The van der Waals surface area contributed by atoms with E-state index in [1.165, 1.54) is 22.1 Å². The van der Waals surface area contributed by atoms with Crippen molar-refractivity contribution in [3.8, 4) is 0 Å². The first-order valence-corrected chi connectivity index (χ1v) is 24.9. The van der Waals surface area contributed by atoms with Crippen LogP contribution in [0.15, 0.2) is 73.3 Å². The fourth-order valence-corrected chi connectivity index (χ4v) is 11.0. The number of halogens is 6. The first kappa shape index (κ1) is 52.0. The number of benzene rings is 2. The van der Waals surface area contributed by atoms with Crippen molar-refractivity contribution >= 4 is 39.4 Å². The number of piperidine rings is 4. The molecule has 0 radical (unpaired) electrons. The van der Waals surface area contributed by atoms with Crippen molar-refractivity contribution in [2.75, 3.05) is 75.2 Å². The molecule has 8 heterocycles. The average molecular weight is 1020 g/mol. The smallest absolute Gasteiger partial charge is 0.389 e. The Morgan fingerprint density at radius 3 is 1.45 bits per heavy atom. The summed E-state index contributed by atoms with van der Waals surface area (Å²) >= 11 is 0. The predicted molar refractivity (Wildman–Crippen MR) is 263 cm³/mol. The van der Waals surface area contributed by atoms with E-state index in [0.717, 1.165) is 92.8 Å². The SMILES string of the molecule is Cc1ccc2[nH]cc(C3CCN(CC(O)C4(O)CCN(c5nccc(C(F)(F)F)n5)CC4)CC3)c2c1.[C-]#[N+]c1ccc2[nH]cc(C3CCN(CC(O)C4(O)CCN(c5nccc(C(F)(F)F)n5)CC4)CC3)c2c1. The molecule has 73 heavy (non-hydrogen) atoms. The number of alkyl halides is 6. The van der Waals surface area contributed by atoms with Crippen LogP contribution in [-0.4, -0.2) is 149 Å². The number of nitrogens with one attached hydrogen (secondary N) is 2. The molecule has 6 N–H and O–H groups in total. The molecule has 21 heteroatoms. The van der Waals surface area contributed by atoms with Crippen molar-refractivity contribution < 1.29 is 46.8 Å². The van der Waals surface area contributed by atoms with Gasteiger partial charge in [-0.1, -0.05) is 17.7 Å². The molecule has 2 aromatic carbocycles. The zero-order chi connectivity index (χ0) is 51.7. The Labute approximate surface area is 418 Å². The van der Waals surface area contributed by atoms with Gasteiger partial charge in [0, 0.05) is 80.5 Å². The number of hydrogen-bond donors (Lipinski definition) is 6. The van der Waals surface area contributed by atoms with Crippen molar-refractivity contribution in [3.63, 3.8) is 0 Å². The number of aryl methyl sites for hydroxylation is 1. The number of β-amino-alcohol motifs (C(OH)–C–C–N with tert-alkyl or cyclic N) is 2. The lowest BCUT2D eigenvalue weighted by atomic mass is 9.84. The van der Waals surface area contributed by atoms with Crippen molar-refractivity contribution in [3.05, 3.63) is 113 Å². The van der Waals surface area contributed by atoms with E-state index >= 15 is 0 Å². The van der Waals surface area contributed by atoms with E-state index in [1.54, 1.807) is 9.80 Å². The monoisotopic (exact) mass is 1020 g/mol. The van der Waals surface area contributed by atoms with Gasteiger partial charge in [0.25, 0.3) is 0 Å². The molecule has 0 amide bonds. The van der Waals surface area contributed by atoms with E-state index in [-0.39, 0.29) is 63.8 Å². The molecular weight excluding hydrogens is 957 g/mol. The number of anilines is 2. The Bertz CT molecular complexity index is 2870. The first-order chi connectivity index (χ1) is 34.8. The molecule has 0 bridgehead atoms. The molecule has 15 nitrogen and oxygen atoms in total. The van der Waals surface area contributed by atoms with Crippen molar-refractivity contribution in [1.29, 1.82) is 0 Å². The van der Waals surface area contributed by atoms with Crippen LogP contribution in [0.25, 0.3) is 26.7 Å². The van der Waals surface area contributed by atoms with Crippen LogP contribution in [0.5, 0.6) is 0 Å². The maximum absolute atomic E-state index is 13.0. The molecule has 4 fully saturated rings. The lowest BCUT2D eigenvalue weighted by Gasteiger charge is -2.43. The van der Waals surface area contributed by atoms with Crippen LogP contribution in [0.2, 0.25) is 0 Å². The number of aliphatic hydroxyl groups is 4. The highest BCUT2D eigenvalue weighted by atomic mass is 19.4. The molecular formula is C52H61F6N11O4. The second-order valence-electron chi connectivity index (χ2n) is 20.2. The van der Waals surface area contributed by atoms with E-state index in [2.05, 4.69) is 75.9 Å². The molecule has 0 aliphatic carbocycles. The standard InChI is InChI=1S/C26H29F3N6O2.C26H32F3N5O2/c1-30-18-2-3-21-19(14-18)20(15-32-21)17-5-10-34(11-6-17)16-23(36)25(37)7-12-35(13-8-25)24-31-9-4-22(33-24)26(27,28)29;1-17-2-3-21-19(14-17)20(15-31-21)18-5-10-33(11-6-18)16-23(35)25(36)7-12-34(13-8-25)24-30-9-4-22(32-24)26(27,28)29/h2-4,9,14-15,17,23,32,36-37H,5-8,10-13,16H2;2-4,9,14-15,18,23,31,35-36H,5-8,10-13,16H2,1H3. The lowest BCUT2D eigenvalue weighted by molar-refractivity contribution is -0.142. The number of likely N-dealkylation sites (tertiary alicyclic amines) is 2. The van der Waals surface area contributed by atoms with Gasteiger partial charge in [-0.15, -0.1) is 0 Å². The molecule has 390 valence electrons. The van der Waals surface area contributed by atoms with Crippen molar-refractivity contribution in [2.24, 2.45) is 0 Å².